The molecule has 0 aliphatic rings. The highest BCUT2D eigenvalue weighted by Gasteiger charge is 2.11. The van der Waals surface area contributed by atoms with Gasteiger partial charge in [-0.05, 0) is 43.5 Å². The zero-order chi connectivity index (χ0) is 13.5. The Kier molecular flexibility index (Phi) is 5.69. The van der Waals surface area contributed by atoms with Crippen molar-refractivity contribution in [3.05, 3.63) is 29.8 Å². The summed E-state index contributed by atoms with van der Waals surface area (Å²) in [6, 6.07) is 7.67. The maximum Gasteiger partial charge on any atom is 0.253 e. The minimum absolute atomic E-state index is 0.0960. The number of anilines is 1. The van der Waals surface area contributed by atoms with Gasteiger partial charge in [0.05, 0.1) is 0 Å². The Balaban J connectivity index is 2.60. The third kappa shape index (κ3) is 4.40. The van der Waals surface area contributed by atoms with E-state index in [0.717, 1.165) is 30.8 Å². The van der Waals surface area contributed by atoms with Gasteiger partial charge in [0.1, 0.15) is 0 Å². The molecule has 0 aliphatic heterocycles. The van der Waals surface area contributed by atoms with Crippen LogP contribution in [0.25, 0.3) is 0 Å². The minimum atomic E-state index is 0.0960. The average Bonchev–Trinajstić information content (AvgIpc) is 2.36. The Hall–Kier alpha value is -1.51. The molecule has 3 heteroatoms. The van der Waals surface area contributed by atoms with Gasteiger partial charge in [-0.1, -0.05) is 13.8 Å². The summed E-state index contributed by atoms with van der Waals surface area (Å²) < 4.78 is 0. The number of hydrogen-bond acceptors (Lipinski definition) is 2. The molecule has 3 nitrogen and oxygen atoms in total. The van der Waals surface area contributed by atoms with Crippen LogP contribution < -0.4 is 5.32 Å². The van der Waals surface area contributed by atoms with E-state index in [1.807, 2.05) is 31.3 Å². The molecule has 0 unspecified atom stereocenters. The Labute approximate surface area is 110 Å². The van der Waals surface area contributed by atoms with E-state index in [-0.39, 0.29) is 5.91 Å². The Morgan fingerprint density at radius 3 is 2.39 bits per heavy atom. The number of nitrogens with one attached hydrogen (secondary N) is 1. The van der Waals surface area contributed by atoms with Crippen molar-refractivity contribution in [3.63, 3.8) is 0 Å². The summed E-state index contributed by atoms with van der Waals surface area (Å²) in [5.74, 6) is 0.718. The van der Waals surface area contributed by atoms with Crippen LogP contribution in [0.1, 0.15) is 37.6 Å². The summed E-state index contributed by atoms with van der Waals surface area (Å²) in [6.07, 6.45) is 1.04. The number of amides is 1. The first-order valence-electron chi connectivity index (χ1n) is 6.64. The van der Waals surface area contributed by atoms with E-state index in [0.29, 0.717) is 5.92 Å². The fourth-order valence-electron chi connectivity index (χ4n) is 1.71. The number of carbonyl (C=O) groups excluding carboxylic acids is 1. The van der Waals surface area contributed by atoms with Gasteiger partial charge in [0.25, 0.3) is 5.91 Å². The minimum Gasteiger partial charge on any atom is -0.385 e. The fourth-order valence-corrected chi connectivity index (χ4v) is 1.71. The standard InChI is InChI=1S/C15H24N2O/c1-5-16-14-8-6-13(7-9-14)15(18)17(4)11-10-12(2)3/h6-9,12,16H,5,10-11H2,1-4H3. The molecule has 1 N–H and O–H groups in total. The van der Waals surface area contributed by atoms with Gasteiger partial charge in [-0.15, -0.1) is 0 Å². The number of rotatable bonds is 6. The zero-order valence-corrected chi connectivity index (χ0v) is 11.9. The zero-order valence-electron chi connectivity index (χ0n) is 11.9. The van der Waals surface area contributed by atoms with E-state index in [1.165, 1.54) is 0 Å². The number of nitrogens with zero attached hydrogens (tertiary/aromatic N) is 1. The maximum atomic E-state index is 12.1. The first kappa shape index (κ1) is 14.6. The monoisotopic (exact) mass is 248 g/mol. The van der Waals surface area contributed by atoms with Gasteiger partial charge in [0.15, 0.2) is 0 Å². The van der Waals surface area contributed by atoms with Crippen LogP contribution in [0.4, 0.5) is 5.69 Å². The predicted molar refractivity (Wildman–Crippen MR) is 77.0 cm³/mol. The van der Waals surface area contributed by atoms with E-state index < -0.39 is 0 Å². The van der Waals surface area contributed by atoms with Crippen molar-refractivity contribution in [2.24, 2.45) is 5.92 Å². The van der Waals surface area contributed by atoms with Crippen LogP contribution in [0.3, 0.4) is 0 Å². The van der Waals surface area contributed by atoms with Crippen molar-refractivity contribution >= 4 is 11.6 Å². The molecule has 1 amide bonds. The van der Waals surface area contributed by atoms with Crippen molar-refractivity contribution in [1.29, 1.82) is 0 Å². The second kappa shape index (κ2) is 7.04. The summed E-state index contributed by atoms with van der Waals surface area (Å²) in [5.41, 5.74) is 1.81. The first-order valence-corrected chi connectivity index (χ1v) is 6.64. The quantitative estimate of drug-likeness (QED) is 0.838. The van der Waals surface area contributed by atoms with Crippen LogP contribution in [0.2, 0.25) is 0 Å². The summed E-state index contributed by atoms with van der Waals surface area (Å²) >= 11 is 0. The molecule has 0 spiro atoms. The van der Waals surface area contributed by atoms with Crippen LogP contribution in [-0.4, -0.2) is 30.9 Å². The number of hydrogen-bond donors (Lipinski definition) is 1. The highest BCUT2D eigenvalue weighted by Crippen LogP contribution is 2.11. The summed E-state index contributed by atoms with van der Waals surface area (Å²) in [5, 5.41) is 3.22. The van der Waals surface area contributed by atoms with Crippen molar-refractivity contribution < 1.29 is 4.79 Å². The molecule has 18 heavy (non-hydrogen) atoms. The SMILES string of the molecule is CCNc1ccc(C(=O)N(C)CCC(C)C)cc1. The molecule has 0 saturated heterocycles. The lowest BCUT2D eigenvalue weighted by Gasteiger charge is -2.18. The lowest BCUT2D eigenvalue weighted by Crippen LogP contribution is -2.28. The van der Waals surface area contributed by atoms with Crippen LogP contribution in [-0.2, 0) is 0 Å². The second-order valence-electron chi connectivity index (χ2n) is 5.02. The maximum absolute atomic E-state index is 12.1. The molecule has 0 heterocycles. The molecule has 0 saturated carbocycles. The summed E-state index contributed by atoms with van der Waals surface area (Å²) in [7, 11) is 1.86. The van der Waals surface area contributed by atoms with Crippen LogP contribution in [0.15, 0.2) is 24.3 Å². The number of carbonyl (C=O) groups is 1. The molecule has 0 atom stereocenters. The largest absolute Gasteiger partial charge is 0.385 e. The summed E-state index contributed by atoms with van der Waals surface area (Å²) in [6.45, 7) is 8.10. The van der Waals surface area contributed by atoms with E-state index in [2.05, 4.69) is 26.1 Å². The lowest BCUT2D eigenvalue weighted by atomic mass is 10.1. The molecule has 0 radical (unpaired) electrons. The normalized spacial score (nSPS) is 10.5. The van der Waals surface area contributed by atoms with Gasteiger partial charge in [0.2, 0.25) is 0 Å². The van der Waals surface area contributed by atoms with Gasteiger partial charge >= 0.3 is 0 Å². The van der Waals surface area contributed by atoms with Crippen LogP contribution >= 0.6 is 0 Å². The van der Waals surface area contributed by atoms with Gasteiger partial charge < -0.3 is 10.2 Å². The van der Waals surface area contributed by atoms with Crippen LogP contribution in [0, 0.1) is 5.92 Å². The molecule has 0 aliphatic carbocycles. The third-order valence-electron chi connectivity index (χ3n) is 2.90. The van der Waals surface area contributed by atoms with E-state index in [1.54, 1.807) is 4.90 Å². The Morgan fingerprint density at radius 1 is 1.28 bits per heavy atom. The third-order valence-corrected chi connectivity index (χ3v) is 2.90. The molecule has 100 valence electrons. The molecule has 1 aromatic carbocycles. The highest BCUT2D eigenvalue weighted by molar-refractivity contribution is 5.94. The second-order valence-corrected chi connectivity index (χ2v) is 5.02. The fraction of sp³-hybridized carbons (Fsp3) is 0.533. The number of benzene rings is 1. The lowest BCUT2D eigenvalue weighted by molar-refractivity contribution is 0.0789. The molecule has 1 rings (SSSR count). The van der Waals surface area contributed by atoms with Gasteiger partial charge in [-0.25, -0.2) is 0 Å². The van der Waals surface area contributed by atoms with E-state index in [4.69, 9.17) is 0 Å². The Bertz CT molecular complexity index is 371. The molecule has 0 bridgehead atoms. The van der Waals surface area contributed by atoms with Gasteiger partial charge in [0, 0.05) is 31.4 Å². The molecule has 1 aromatic rings. The van der Waals surface area contributed by atoms with Crippen molar-refractivity contribution in [3.8, 4) is 0 Å². The van der Waals surface area contributed by atoms with Gasteiger partial charge in [-0.3, -0.25) is 4.79 Å². The highest BCUT2D eigenvalue weighted by atomic mass is 16.2. The van der Waals surface area contributed by atoms with Gasteiger partial charge in [-0.2, -0.15) is 0 Å². The van der Waals surface area contributed by atoms with Crippen molar-refractivity contribution in [2.75, 3.05) is 25.5 Å². The molecule has 0 fully saturated rings. The smallest absolute Gasteiger partial charge is 0.253 e. The van der Waals surface area contributed by atoms with E-state index >= 15 is 0 Å². The first-order chi connectivity index (χ1) is 8.54. The molecular weight excluding hydrogens is 224 g/mol. The van der Waals surface area contributed by atoms with Crippen molar-refractivity contribution in [2.45, 2.75) is 27.2 Å². The average molecular weight is 248 g/mol. The molecular formula is C15H24N2O. The molecule has 0 aromatic heterocycles. The predicted octanol–water partition coefficient (Wildman–Crippen LogP) is 3.24. The van der Waals surface area contributed by atoms with Crippen LogP contribution in [0.5, 0.6) is 0 Å². The summed E-state index contributed by atoms with van der Waals surface area (Å²) in [4.78, 5) is 13.9. The van der Waals surface area contributed by atoms with Crippen molar-refractivity contribution in [1.82, 2.24) is 4.90 Å². The van der Waals surface area contributed by atoms with E-state index in [9.17, 15) is 4.79 Å². The topological polar surface area (TPSA) is 32.3 Å². The Morgan fingerprint density at radius 2 is 1.89 bits per heavy atom.